The van der Waals surface area contributed by atoms with E-state index in [9.17, 15) is 9.59 Å². The van der Waals surface area contributed by atoms with E-state index in [1.54, 1.807) is 43.2 Å². The summed E-state index contributed by atoms with van der Waals surface area (Å²) < 4.78 is 29.1. The third kappa shape index (κ3) is 5.44. The zero-order valence-electron chi connectivity index (χ0n) is 19.3. The highest BCUT2D eigenvalue weighted by Gasteiger charge is 2.59. The molecule has 1 aromatic rings. The molecule has 1 N–H and O–H groups in total. The van der Waals surface area contributed by atoms with E-state index in [0.717, 1.165) is 12.8 Å². The number of methoxy groups -OCH3 is 1. The number of hydrogen-bond donors (Lipinski definition) is 1. The highest BCUT2D eigenvalue weighted by atomic mass is 35.5. The number of carbonyl (C=O) groups is 2. The fraction of sp³-hybridized carbons (Fsp3) is 0.652. The van der Waals surface area contributed by atoms with Crippen molar-refractivity contribution in [2.75, 3.05) is 19.0 Å². The Morgan fingerprint density at radius 2 is 1.94 bits per heavy atom. The first-order valence-electron chi connectivity index (χ1n) is 11.3. The minimum absolute atomic E-state index is 0.0171. The van der Waals surface area contributed by atoms with Crippen LogP contribution >= 0.6 is 11.6 Å². The number of anilines is 1. The Kier molecular flexibility index (Phi) is 7.16. The van der Waals surface area contributed by atoms with Crippen LogP contribution in [0.15, 0.2) is 24.3 Å². The Hall–Kier alpha value is -1.91. The van der Waals surface area contributed by atoms with Crippen molar-refractivity contribution in [1.29, 1.82) is 0 Å². The average Bonchev–Trinajstić information content (AvgIpc) is 3.45. The van der Waals surface area contributed by atoms with Crippen molar-refractivity contribution in [3.63, 3.8) is 0 Å². The van der Waals surface area contributed by atoms with Crippen molar-refractivity contribution in [3.8, 4) is 0 Å². The SMILES string of the molecule is CCOC(=O)C[C@@H](C1O[C@@H]2OC(C)(C)O[C@@H]2[C@H]1OC)N(C(=O)Nc1ccc(Cl)cc1)C1CC1. The second-order valence-corrected chi connectivity index (χ2v) is 9.36. The van der Waals surface area contributed by atoms with Gasteiger partial charge in [-0.15, -0.1) is 0 Å². The third-order valence-corrected chi connectivity index (χ3v) is 6.24. The number of fused-ring (bicyclic) bond motifs is 1. The van der Waals surface area contributed by atoms with Gasteiger partial charge in [0.1, 0.15) is 18.3 Å². The topological polar surface area (TPSA) is 95.6 Å². The normalized spacial score (nSPS) is 28.8. The van der Waals surface area contributed by atoms with E-state index in [0.29, 0.717) is 10.7 Å². The van der Waals surface area contributed by atoms with Crippen molar-refractivity contribution in [3.05, 3.63) is 29.3 Å². The Morgan fingerprint density at radius 1 is 1.24 bits per heavy atom. The van der Waals surface area contributed by atoms with Crippen LogP contribution in [0.3, 0.4) is 0 Å². The van der Waals surface area contributed by atoms with E-state index in [1.165, 1.54) is 0 Å². The molecule has 0 bridgehead atoms. The van der Waals surface area contributed by atoms with E-state index in [1.807, 2.05) is 13.8 Å². The zero-order valence-corrected chi connectivity index (χ0v) is 20.0. The van der Waals surface area contributed by atoms with Crippen LogP contribution in [0, 0.1) is 0 Å². The molecule has 1 aliphatic carbocycles. The van der Waals surface area contributed by atoms with Crippen molar-refractivity contribution in [2.24, 2.45) is 0 Å². The van der Waals surface area contributed by atoms with Gasteiger partial charge in [0.25, 0.3) is 0 Å². The first kappa shape index (κ1) is 24.2. The summed E-state index contributed by atoms with van der Waals surface area (Å²) in [7, 11) is 1.56. The van der Waals surface area contributed by atoms with Crippen LogP contribution < -0.4 is 5.32 Å². The van der Waals surface area contributed by atoms with Gasteiger partial charge in [0.2, 0.25) is 0 Å². The Labute approximate surface area is 198 Å². The summed E-state index contributed by atoms with van der Waals surface area (Å²) in [5.74, 6) is -1.22. The van der Waals surface area contributed by atoms with E-state index in [4.69, 9.17) is 35.3 Å². The van der Waals surface area contributed by atoms with Gasteiger partial charge in [-0.05, 0) is 57.9 Å². The number of nitrogens with one attached hydrogen (secondary N) is 1. The quantitative estimate of drug-likeness (QED) is 0.566. The van der Waals surface area contributed by atoms with Crippen LogP contribution in [0.25, 0.3) is 0 Å². The lowest BCUT2D eigenvalue weighted by molar-refractivity contribution is -0.223. The lowest BCUT2D eigenvalue weighted by Gasteiger charge is -2.37. The number of halogens is 1. The predicted molar refractivity (Wildman–Crippen MR) is 120 cm³/mol. The molecule has 0 radical (unpaired) electrons. The van der Waals surface area contributed by atoms with Gasteiger partial charge in [-0.3, -0.25) is 4.79 Å². The maximum atomic E-state index is 13.4. The molecule has 1 unspecified atom stereocenters. The van der Waals surface area contributed by atoms with E-state index < -0.39 is 42.4 Å². The number of ether oxygens (including phenoxy) is 5. The van der Waals surface area contributed by atoms with Gasteiger partial charge in [-0.2, -0.15) is 0 Å². The molecule has 3 fully saturated rings. The highest BCUT2D eigenvalue weighted by Crippen LogP contribution is 2.42. The number of amides is 2. The summed E-state index contributed by atoms with van der Waals surface area (Å²) in [6.45, 7) is 5.61. The molecule has 3 aliphatic rings. The fourth-order valence-corrected chi connectivity index (χ4v) is 4.63. The highest BCUT2D eigenvalue weighted by molar-refractivity contribution is 6.30. The fourth-order valence-electron chi connectivity index (χ4n) is 4.51. The van der Waals surface area contributed by atoms with Gasteiger partial charge in [-0.25, -0.2) is 4.79 Å². The third-order valence-electron chi connectivity index (χ3n) is 5.99. The maximum Gasteiger partial charge on any atom is 0.322 e. The molecule has 2 heterocycles. The van der Waals surface area contributed by atoms with Gasteiger partial charge in [0, 0.05) is 23.9 Å². The molecule has 2 saturated heterocycles. The standard InChI is InChI=1S/C23H31ClN2O7/c1-5-30-17(27)12-16(18-19(29-4)20-21(31-18)33-23(2,3)32-20)26(15-10-11-15)22(28)25-14-8-6-13(24)7-9-14/h6-9,15-16,18-21H,5,10-12H2,1-4H3,(H,25,28)/t16-,18?,19-,20+,21+/m0/s1. The van der Waals surface area contributed by atoms with Crippen LogP contribution in [0.1, 0.15) is 40.0 Å². The summed E-state index contributed by atoms with van der Waals surface area (Å²) in [5.41, 5.74) is 0.603. The van der Waals surface area contributed by atoms with Crippen LogP contribution in [0.2, 0.25) is 5.02 Å². The molecule has 5 atom stereocenters. The average molecular weight is 483 g/mol. The van der Waals surface area contributed by atoms with Gasteiger partial charge >= 0.3 is 12.0 Å². The number of esters is 1. The molecule has 0 spiro atoms. The molecule has 4 rings (SSSR count). The van der Waals surface area contributed by atoms with Crippen molar-refractivity contribution < 1.29 is 33.3 Å². The monoisotopic (exact) mass is 482 g/mol. The Morgan fingerprint density at radius 3 is 2.55 bits per heavy atom. The molecule has 2 amide bonds. The number of carbonyl (C=O) groups excluding carboxylic acids is 2. The molecule has 1 saturated carbocycles. The number of rotatable bonds is 8. The lowest BCUT2D eigenvalue weighted by Crippen LogP contribution is -2.55. The smallest absolute Gasteiger partial charge is 0.322 e. The summed E-state index contributed by atoms with van der Waals surface area (Å²) in [4.78, 5) is 27.7. The minimum Gasteiger partial charge on any atom is -0.466 e. The van der Waals surface area contributed by atoms with E-state index in [-0.39, 0.29) is 25.1 Å². The maximum absolute atomic E-state index is 13.4. The van der Waals surface area contributed by atoms with Gasteiger partial charge in [0.05, 0.1) is 19.1 Å². The molecule has 33 heavy (non-hydrogen) atoms. The summed E-state index contributed by atoms with van der Waals surface area (Å²) in [5, 5.41) is 3.49. The zero-order chi connectivity index (χ0) is 23.8. The minimum atomic E-state index is -0.810. The molecule has 1 aromatic carbocycles. The number of benzene rings is 1. The molecule has 10 heteroatoms. The summed E-state index contributed by atoms with van der Waals surface area (Å²) >= 11 is 5.96. The summed E-state index contributed by atoms with van der Waals surface area (Å²) in [6.07, 6.45) is -0.649. The van der Waals surface area contributed by atoms with Crippen LogP contribution in [0.4, 0.5) is 10.5 Å². The predicted octanol–water partition coefficient (Wildman–Crippen LogP) is 3.55. The van der Waals surface area contributed by atoms with Gasteiger partial charge in [0.15, 0.2) is 12.1 Å². The molecular weight excluding hydrogens is 452 g/mol. The number of nitrogens with zero attached hydrogens (tertiary/aromatic N) is 1. The van der Waals surface area contributed by atoms with Crippen LogP contribution in [-0.2, 0) is 28.5 Å². The van der Waals surface area contributed by atoms with Crippen molar-refractivity contribution in [2.45, 2.75) is 82.5 Å². The second kappa shape index (κ2) is 9.76. The van der Waals surface area contributed by atoms with Gasteiger partial charge < -0.3 is 33.9 Å². The molecule has 2 aliphatic heterocycles. The van der Waals surface area contributed by atoms with Crippen LogP contribution in [0.5, 0.6) is 0 Å². The van der Waals surface area contributed by atoms with Crippen molar-refractivity contribution >= 4 is 29.3 Å². The first-order valence-corrected chi connectivity index (χ1v) is 11.6. The first-order chi connectivity index (χ1) is 15.7. The second-order valence-electron chi connectivity index (χ2n) is 8.92. The van der Waals surface area contributed by atoms with Gasteiger partial charge in [-0.1, -0.05) is 11.6 Å². The molecule has 9 nitrogen and oxygen atoms in total. The lowest BCUT2D eigenvalue weighted by atomic mass is 9.98. The van der Waals surface area contributed by atoms with Crippen LogP contribution in [-0.4, -0.2) is 73.1 Å². The van der Waals surface area contributed by atoms with Crippen molar-refractivity contribution in [1.82, 2.24) is 4.90 Å². The largest absolute Gasteiger partial charge is 0.466 e. The molecule has 182 valence electrons. The summed E-state index contributed by atoms with van der Waals surface area (Å²) in [6, 6.07) is 5.88. The molecular formula is C23H31ClN2O7. The Balaban J connectivity index is 1.60. The molecule has 0 aromatic heterocycles. The Bertz CT molecular complexity index is 861. The number of urea groups is 1. The van der Waals surface area contributed by atoms with E-state index in [2.05, 4.69) is 5.32 Å². The number of hydrogen-bond acceptors (Lipinski definition) is 7. The van der Waals surface area contributed by atoms with E-state index >= 15 is 0 Å².